The van der Waals surface area contributed by atoms with E-state index in [1.165, 1.54) is 132 Å². The smallest absolute Gasteiger partial charge is 0.0456 e. The van der Waals surface area contributed by atoms with Gasteiger partial charge in [0.15, 0.2) is 0 Å². The van der Waals surface area contributed by atoms with Crippen molar-refractivity contribution in [1.82, 2.24) is 9.88 Å². The summed E-state index contributed by atoms with van der Waals surface area (Å²) in [5.74, 6) is 2.01. The Hall–Kier alpha value is -1.28. The van der Waals surface area contributed by atoms with Crippen LogP contribution in [-0.4, -0.2) is 29.5 Å². The molecule has 2 aliphatic carbocycles. The third-order valence-electron chi connectivity index (χ3n) is 8.00. The van der Waals surface area contributed by atoms with Gasteiger partial charge >= 0.3 is 0 Å². The van der Waals surface area contributed by atoms with Crippen LogP contribution in [0.2, 0.25) is 0 Å². The van der Waals surface area contributed by atoms with Crippen LogP contribution in [0.5, 0.6) is 0 Å². The maximum atomic E-state index is 3.45. The number of para-hydroxylation sites is 1. The molecule has 1 heterocycles. The monoisotopic (exact) mass is 408 g/mol. The lowest BCUT2D eigenvalue weighted by Gasteiger charge is -2.28. The molecule has 2 fully saturated rings. The van der Waals surface area contributed by atoms with Gasteiger partial charge in [-0.05, 0) is 68.8 Å². The fourth-order valence-electron chi connectivity index (χ4n) is 6.03. The number of nitrogens with zero attached hydrogens (tertiary/aromatic N) is 1. The second-order valence-electron chi connectivity index (χ2n) is 10.2. The molecule has 1 N–H and O–H groups in total. The minimum Gasteiger partial charge on any atom is -0.361 e. The van der Waals surface area contributed by atoms with Crippen molar-refractivity contribution in [2.75, 3.05) is 19.6 Å². The third kappa shape index (κ3) is 6.61. The highest BCUT2D eigenvalue weighted by molar-refractivity contribution is 5.82. The maximum absolute atomic E-state index is 3.45. The summed E-state index contributed by atoms with van der Waals surface area (Å²) in [5.41, 5.74) is 2.79. The van der Waals surface area contributed by atoms with Crippen LogP contribution in [-0.2, 0) is 6.42 Å². The quantitative estimate of drug-likeness (QED) is 0.398. The first-order valence-electron chi connectivity index (χ1n) is 13.2. The van der Waals surface area contributed by atoms with E-state index in [0.29, 0.717) is 0 Å². The Bertz CT molecular complexity index is 719. The molecule has 0 unspecified atom stereocenters. The number of hydrogen-bond acceptors (Lipinski definition) is 1. The number of fused-ring (bicyclic) bond motifs is 1. The molecule has 30 heavy (non-hydrogen) atoms. The molecule has 0 saturated heterocycles. The number of aryl methyl sites for hydroxylation is 1. The van der Waals surface area contributed by atoms with Gasteiger partial charge in [-0.1, -0.05) is 88.8 Å². The number of rotatable bonds is 10. The van der Waals surface area contributed by atoms with Gasteiger partial charge in [-0.15, -0.1) is 0 Å². The highest BCUT2D eigenvalue weighted by Gasteiger charge is 2.17. The standard InChI is InChI=1S/C28H44N2/c1-2-5-12-24(11-4-1)18-21-30(22-19-25-13-6-3-7-14-25)20-10-15-26-23-29-28-17-9-8-16-27(26)28/h8-9,16-17,23-25,29H,1-7,10-15,18-22H2. The van der Waals surface area contributed by atoms with E-state index in [2.05, 4.69) is 40.3 Å². The van der Waals surface area contributed by atoms with Crippen molar-refractivity contribution in [3.63, 3.8) is 0 Å². The fraction of sp³-hybridized carbons (Fsp3) is 0.714. The van der Waals surface area contributed by atoms with Crippen molar-refractivity contribution in [3.05, 3.63) is 36.0 Å². The van der Waals surface area contributed by atoms with Crippen LogP contribution >= 0.6 is 0 Å². The molecule has 2 aliphatic rings. The Morgan fingerprint density at radius 1 is 0.733 bits per heavy atom. The van der Waals surface area contributed by atoms with E-state index in [1.807, 2.05) is 0 Å². The molecular formula is C28H44N2. The molecule has 2 aromatic rings. The van der Waals surface area contributed by atoms with Gasteiger partial charge < -0.3 is 9.88 Å². The Morgan fingerprint density at radius 2 is 1.33 bits per heavy atom. The first kappa shape index (κ1) is 21.9. The number of nitrogens with one attached hydrogen (secondary N) is 1. The van der Waals surface area contributed by atoms with E-state index < -0.39 is 0 Å². The minimum absolute atomic E-state index is 0.998. The van der Waals surface area contributed by atoms with Crippen LogP contribution in [0.25, 0.3) is 10.9 Å². The summed E-state index contributed by atoms with van der Waals surface area (Å²) < 4.78 is 0. The van der Waals surface area contributed by atoms with Crippen molar-refractivity contribution < 1.29 is 0 Å². The van der Waals surface area contributed by atoms with E-state index >= 15 is 0 Å². The Labute approximate surface area is 184 Å². The van der Waals surface area contributed by atoms with Crippen LogP contribution in [0, 0.1) is 11.8 Å². The highest BCUT2D eigenvalue weighted by atomic mass is 15.1. The van der Waals surface area contributed by atoms with Crippen LogP contribution in [0.4, 0.5) is 0 Å². The summed E-state index contributed by atoms with van der Waals surface area (Å²) in [6.45, 7) is 3.95. The van der Waals surface area contributed by atoms with Gasteiger partial charge in [-0.3, -0.25) is 0 Å². The Kier molecular flexibility index (Phi) is 8.73. The molecular weight excluding hydrogens is 364 g/mol. The van der Waals surface area contributed by atoms with Gasteiger partial charge in [0.1, 0.15) is 0 Å². The van der Waals surface area contributed by atoms with Crippen LogP contribution in [0.3, 0.4) is 0 Å². The molecule has 1 aromatic heterocycles. The van der Waals surface area contributed by atoms with Crippen LogP contribution < -0.4 is 0 Å². The number of aromatic amines is 1. The second-order valence-corrected chi connectivity index (χ2v) is 10.2. The summed E-state index contributed by atoms with van der Waals surface area (Å²) in [6, 6.07) is 8.77. The largest absolute Gasteiger partial charge is 0.361 e. The molecule has 2 nitrogen and oxygen atoms in total. The summed E-state index contributed by atoms with van der Waals surface area (Å²) >= 11 is 0. The first-order valence-corrected chi connectivity index (χ1v) is 13.2. The van der Waals surface area contributed by atoms with Gasteiger partial charge in [0.25, 0.3) is 0 Å². The topological polar surface area (TPSA) is 19.0 Å². The zero-order valence-electron chi connectivity index (χ0n) is 19.2. The molecule has 2 saturated carbocycles. The molecule has 0 bridgehead atoms. The third-order valence-corrected chi connectivity index (χ3v) is 8.00. The van der Waals surface area contributed by atoms with E-state index in [1.54, 1.807) is 0 Å². The zero-order chi connectivity index (χ0) is 20.4. The van der Waals surface area contributed by atoms with E-state index in [0.717, 1.165) is 11.8 Å². The van der Waals surface area contributed by atoms with Crippen molar-refractivity contribution in [3.8, 4) is 0 Å². The van der Waals surface area contributed by atoms with Gasteiger partial charge in [0.2, 0.25) is 0 Å². The number of H-pyrrole nitrogens is 1. The SMILES string of the molecule is c1ccc2c(CCCN(CCC3CCCCCC3)CCC3CCCCC3)c[nH]c2c1. The Balaban J connectivity index is 1.27. The first-order chi connectivity index (χ1) is 14.9. The molecule has 0 aliphatic heterocycles. The second kappa shape index (κ2) is 11.9. The summed E-state index contributed by atoms with van der Waals surface area (Å²) in [4.78, 5) is 6.30. The summed E-state index contributed by atoms with van der Waals surface area (Å²) in [7, 11) is 0. The predicted octanol–water partition coefficient (Wildman–Crippen LogP) is 7.73. The van der Waals surface area contributed by atoms with Crippen LogP contribution in [0.15, 0.2) is 30.5 Å². The van der Waals surface area contributed by atoms with E-state index in [-0.39, 0.29) is 0 Å². The number of benzene rings is 1. The number of aromatic nitrogens is 1. The number of hydrogen-bond donors (Lipinski definition) is 1. The lowest BCUT2D eigenvalue weighted by molar-refractivity contribution is 0.212. The fourth-order valence-corrected chi connectivity index (χ4v) is 6.03. The minimum atomic E-state index is 0.998. The highest BCUT2D eigenvalue weighted by Crippen LogP contribution is 2.28. The Morgan fingerprint density at radius 3 is 2.00 bits per heavy atom. The molecule has 0 radical (unpaired) electrons. The van der Waals surface area contributed by atoms with Crippen molar-refractivity contribution >= 4 is 10.9 Å². The van der Waals surface area contributed by atoms with E-state index in [9.17, 15) is 0 Å². The molecule has 1 aromatic carbocycles. The average Bonchev–Trinajstić information content (AvgIpc) is 3.01. The predicted molar refractivity (Wildman–Crippen MR) is 130 cm³/mol. The van der Waals surface area contributed by atoms with Gasteiger partial charge in [-0.25, -0.2) is 0 Å². The molecule has 2 heteroatoms. The lowest BCUT2D eigenvalue weighted by atomic mass is 9.87. The van der Waals surface area contributed by atoms with Gasteiger partial charge in [0, 0.05) is 17.1 Å². The summed E-state index contributed by atoms with van der Waals surface area (Å²) in [5, 5.41) is 1.42. The van der Waals surface area contributed by atoms with Crippen molar-refractivity contribution in [1.29, 1.82) is 0 Å². The van der Waals surface area contributed by atoms with Gasteiger partial charge in [0.05, 0.1) is 0 Å². The molecule has 0 amide bonds. The van der Waals surface area contributed by atoms with Crippen molar-refractivity contribution in [2.24, 2.45) is 11.8 Å². The van der Waals surface area contributed by atoms with Crippen LogP contribution in [0.1, 0.15) is 95.5 Å². The normalized spacial score (nSPS) is 19.5. The summed E-state index contributed by atoms with van der Waals surface area (Å²) in [6.07, 6.45) is 23.9. The molecule has 4 rings (SSSR count). The zero-order valence-corrected chi connectivity index (χ0v) is 19.2. The average molecular weight is 409 g/mol. The molecule has 0 atom stereocenters. The maximum Gasteiger partial charge on any atom is 0.0456 e. The van der Waals surface area contributed by atoms with E-state index in [4.69, 9.17) is 0 Å². The lowest BCUT2D eigenvalue weighted by Crippen LogP contribution is -2.30. The molecule has 0 spiro atoms. The van der Waals surface area contributed by atoms with Crippen molar-refractivity contribution in [2.45, 2.75) is 96.3 Å². The molecule has 166 valence electrons. The van der Waals surface area contributed by atoms with Gasteiger partial charge in [-0.2, -0.15) is 0 Å².